The van der Waals surface area contributed by atoms with E-state index in [0.717, 1.165) is 42.5 Å². The third-order valence-corrected chi connectivity index (χ3v) is 3.21. The van der Waals surface area contributed by atoms with E-state index in [1.54, 1.807) is 0 Å². The Hall–Kier alpha value is -1.65. The van der Waals surface area contributed by atoms with Gasteiger partial charge in [-0.1, -0.05) is 31.5 Å². The molecule has 108 valence electrons. The molecular weight excluding hydrogens is 252 g/mol. The number of aromatic amines is 1. The number of para-hydroxylation sites is 1. The average Bonchev–Trinajstić information content (AvgIpc) is 2.46. The van der Waals surface area contributed by atoms with Crippen molar-refractivity contribution in [1.29, 1.82) is 0 Å². The molecule has 2 rings (SSSR count). The summed E-state index contributed by atoms with van der Waals surface area (Å²) in [7, 11) is 0. The number of aromatic nitrogens is 1. The predicted molar refractivity (Wildman–Crippen MR) is 82.0 cm³/mol. The highest BCUT2D eigenvalue weighted by Gasteiger charge is 2.01. The van der Waals surface area contributed by atoms with E-state index in [1.165, 1.54) is 0 Å². The van der Waals surface area contributed by atoms with E-state index in [1.807, 2.05) is 30.3 Å². The van der Waals surface area contributed by atoms with E-state index >= 15 is 0 Å². The lowest BCUT2D eigenvalue weighted by Gasteiger charge is -2.06. The third-order valence-electron chi connectivity index (χ3n) is 3.21. The van der Waals surface area contributed by atoms with E-state index in [4.69, 9.17) is 4.74 Å². The Labute approximate surface area is 119 Å². The van der Waals surface area contributed by atoms with Gasteiger partial charge >= 0.3 is 0 Å². The van der Waals surface area contributed by atoms with Crippen LogP contribution in [0.2, 0.25) is 0 Å². The largest absolute Gasteiger partial charge is 0.380 e. The van der Waals surface area contributed by atoms with Crippen LogP contribution in [-0.2, 0) is 11.3 Å². The first-order valence-corrected chi connectivity index (χ1v) is 7.20. The number of benzene rings is 1. The zero-order valence-electron chi connectivity index (χ0n) is 11.9. The van der Waals surface area contributed by atoms with Crippen LogP contribution in [0.5, 0.6) is 0 Å². The van der Waals surface area contributed by atoms with E-state index < -0.39 is 0 Å². The molecule has 2 aromatic rings. The number of fused-ring (bicyclic) bond motifs is 1. The summed E-state index contributed by atoms with van der Waals surface area (Å²) in [5.41, 5.74) is 1.62. The number of ether oxygens (including phenoxy) is 1. The zero-order valence-corrected chi connectivity index (χ0v) is 11.9. The third kappa shape index (κ3) is 4.18. The lowest BCUT2D eigenvalue weighted by Crippen LogP contribution is -2.24. The molecule has 0 amide bonds. The molecule has 2 N–H and O–H groups in total. The average molecular weight is 274 g/mol. The lowest BCUT2D eigenvalue weighted by atomic mass is 10.1. The second kappa shape index (κ2) is 7.82. The van der Waals surface area contributed by atoms with E-state index in [9.17, 15) is 4.79 Å². The first-order chi connectivity index (χ1) is 9.81. The smallest absolute Gasteiger partial charge is 0.252 e. The molecule has 0 unspecified atom stereocenters. The Kier molecular flexibility index (Phi) is 5.77. The molecular formula is C16H22N2O2. The summed E-state index contributed by atoms with van der Waals surface area (Å²) >= 11 is 0. The molecule has 1 heterocycles. The minimum atomic E-state index is -0.0249. The maximum atomic E-state index is 11.9. The van der Waals surface area contributed by atoms with Crippen LogP contribution in [0.4, 0.5) is 0 Å². The Morgan fingerprint density at radius 1 is 1.25 bits per heavy atom. The van der Waals surface area contributed by atoms with Gasteiger partial charge in [0.25, 0.3) is 5.56 Å². The standard InChI is InChI=1S/C16H22N2O2/c1-2-3-9-20-10-8-17-12-14-11-13-6-4-5-7-15(13)18-16(14)19/h4-7,11,17H,2-3,8-10,12H2,1H3,(H,18,19). The summed E-state index contributed by atoms with van der Waals surface area (Å²) in [6.07, 6.45) is 2.25. The summed E-state index contributed by atoms with van der Waals surface area (Å²) in [6, 6.07) is 9.75. The topological polar surface area (TPSA) is 54.1 Å². The second-order valence-corrected chi connectivity index (χ2v) is 4.85. The number of rotatable bonds is 8. The van der Waals surface area contributed by atoms with Gasteiger partial charge < -0.3 is 15.0 Å². The quantitative estimate of drug-likeness (QED) is 0.727. The van der Waals surface area contributed by atoms with Crippen LogP contribution in [0.25, 0.3) is 10.9 Å². The van der Waals surface area contributed by atoms with Crippen LogP contribution in [0.15, 0.2) is 35.1 Å². The lowest BCUT2D eigenvalue weighted by molar-refractivity contribution is 0.133. The van der Waals surface area contributed by atoms with Gasteiger partial charge in [-0.25, -0.2) is 0 Å². The van der Waals surface area contributed by atoms with Gasteiger partial charge in [0.2, 0.25) is 0 Å². The highest BCUT2D eigenvalue weighted by atomic mass is 16.5. The first kappa shape index (κ1) is 14.8. The normalized spacial score (nSPS) is 11.1. The molecule has 1 aromatic heterocycles. The van der Waals surface area contributed by atoms with Crippen molar-refractivity contribution in [2.45, 2.75) is 26.3 Å². The molecule has 0 bridgehead atoms. The number of nitrogens with one attached hydrogen (secondary N) is 2. The molecule has 0 fully saturated rings. The van der Waals surface area contributed by atoms with Gasteiger partial charge in [0, 0.05) is 30.8 Å². The summed E-state index contributed by atoms with van der Waals surface area (Å²) in [5.74, 6) is 0. The predicted octanol–water partition coefficient (Wildman–Crippen LogP) is 2.43. The molecule has 0 radical (unpaired) electrons. The minimum absolute atomic E-state index is 0.0249. The van der Waals surface area contributed by atoms with Gasteiger partial charge in [-0.15, -0.1) is 0 Å². The fourth-order valence-corrected chi connectivity index (χ4v) is 2.04. The van der Waals surface area contributed by atoms with Crippen LogP contribution in [-0.4, -0.2) is 24.7 Å². The highest BCUT2D eigenvalue weighted by Crippen LogP contribution is 2.09. The second-order valence-electron chi connectivity index (χ2n) is 4.85. The number of pyridine rings is 1. The van der Waals surface area contributed by atoms with Crippen LogP contribution in [0, 0.1) is 0 Å². The van der Waals surface area contributed by atoms with Crippen molar-refractivity contribution in [3.63, 3.8) is 0 Å². The molecule has 0 saturated carbocycles. The van der Waals surface area contributed by atoms with Crippen LogP contribution >= 0.6 is 0 Å². The highest BCUT2D eigenvalue weighted by molar-refractivity contribution is 5.78. The molecule has 0 saturated heterocycles. The van der Waals surface area contributed by atoms with Crippen LogP contribution in [0.1, 0.15) is 25.3 Å². The monoisotopic (exact) mass is 274 g/mol. The fraction of sp³-hybridized carbons (Fsp3) is 0.438. The van der Waals surface area contributed by atoms with Crippen molar-refractivity contribution in [3.05, 3.63) is 46.2 Å². The zero-order chi connectivity index (χ0) is 14.2. The first-order valence-electron chi connectivity index (χ1n) is 7.20. The number of hydrogen-bond donors (Lipinski definition) is 2. The van der Waals surface area contributed by atoms with Gasteiger partial charge in [-0.2, -0.15) is 0 Å². The summed E-state index contributed by atoms with van der Waals surface area (Å²) in [5, 5.41) is 4.30. The Bertz CT molecular complexity index is 592. The van der Waals surface area contributed by atoms with Gasteiger partial charge in [-0.05, 0) is 23.9 Å². The molecule has 20 heavy (non-hydrogen) atoms. The van der Waals surface area contributed by atoms with E-state index in [-0.39, 0.29) is 5.56 Å². The van der Waals surface area contributed by atoms with Crippen molar-refractivity contribution in [1.82, 2.24) is 10.3 Å². The number of unbranched alkanes of at least 4 members (excludes halogenated alkanes) is 1. The Balaban J connectivity index is 1.84. The van der Waals surface area contributed by atoms with Gasteiger partial charge in [0.15, 0.2) is 0 Å². The number of hydrogen-bond acceptors (Lipinski definition) is 3. The van der Waals surface area contributed by atoms with Gasteiger partial charge in [0.05, 0.1) is 6.61 Å². The van der Waals surface area contributed by atoms with Crippen molar-refractivity contribution in [2.75, 3.05) is 19.8 Å². The van der Waals surface area contributed by atoms with E-state index in [2.05, 4.69) is 17.2 Å². The fourth-order valence-electron chi connectivity index (χ4n) is 2.04. The Morgan fingerprint density at radius 2 is 2.10 bits per heavy atom. The molecule has 0 spiro atoms. The molecule has 0 atom stereocenters. The van der Waals surface area contributed by atoms with Crippen molar-refractivity contribution >= 4 is 10.9 Å². The van der Waals surface area contributed by atoms with E-state index in [0.29, 0.717) is 13.2 Å². The van der Waals surface area contributed by atoms with Gasteiger partial charge in [0.1, 0.15) is 0 Å². The molecule has 0 aliphatic heterocycles. The maximum Gasteiger partial charge on any atom is 0.252 e. The van der Waals surface area contributed by atoms with Gasteiger partial charge in [-0.3, -0.25) is 4.79 Å². The van der Waals surface area contributed by atoms with Crippen molar-refractivity contribution in [2.24, 2.45) is 0 Å². The van der Waals surface area contributed by atoms with Crippen LogP contribution < -0.4 is 10.9 Å². The van der Waals surface area contributed by atoms with Crippen molar-refractivity contribution < 1.29 is 4.74 Å². The Morgan fingerprint density at radius 3 is 2.95 bits per heavy atom. The minimum Gasteiger partial charge on any atom is -0.380 e. The van der Waals surface area contributed by atoms with Crippen molar-refractivity contribution in [3.8, 4) is 0 Å². The summed E-state index contributed by atoms with van der Waals surface area (Å²) < 4.78 is 5.46. The van der Waals surface area contributed by atoms with Crippen LogP contribution in [0.3, 0.4) is 0 Å². The maximum absolute atomic E-state index is 11.9. The summed E-state index contributed by atoms with van der Waals surface area (Å²) in [6.45, 7) is 4.97. The number of H-pyrrole nitrogens is 1. The molecule has 4 heteroatoms. The molecule has 4 nitrogen and oxygen atoms in total. The molecule has 0 aliphatic carbocycles. The molecule has 0 aliphatic rings. The molecule has 1 aromatic carbocycles. The summed E-state index contributed by atoms with van der Waals surface area (Å²) in [4.78, 5) is 14.8. The SMILES string of the molecule is CCCCOCCNCc1cc2ccccc2[nH]c1=O.